The maximum absolute atomic E-state index is 11.3. The molecule has 5 N–H and O–H groups in total. The third kappa shape index (κ3) is 3.14. The smallest absolute Gasteiger partial charge is 0.274 e. The number of phenols is 2. The minimum atomic E-state index is -0.728. The van der Waals surface area contributed by atoms with Crippen LogP contribution in [0.2, 0.25) is 0 Å². The number of nitrogens with one attached hydrogen (secondary N) is 1. The van der Waals surface area contributed by atoms with E-state index in [1.807, 2.05) is 5.48 Å². The van der Waals surface area contributed by atoms with Gasteiger partial charge in [-0.2, -0.15) is 0 Å². The van der Waals surface area contributed by atoms with Crippen LogP contribution in [0.4, 0.5) is 0 Å². The van der Waals surface area contributed by atoms with Crippen molar-refractivity contribution in [3.05, 3.63) is 23.8 Å². The topological polar surface area (TPSA) is 122 Å². The van der Waals surface area contributed by atoms with Gasteiger partial charge in [-0.1, -0.05) is 0 Å². The quantitative estimate of drug-likeness (QED) is 0.397. The Morgan fingerprint density at radius 3 is 2.56 bits per heavy atom. The summed E-state index contributed by atoms with van der Waals surface area (Å²) in [6.45, 7) is -0.449. The van der Waals surface area contributed by atoms with Gasteiger partial charge in [0.2, 0.25) is 5.91 Å². The van der Waals surface area contributed by atoms with Gasteiger partial charge in [0.1, 0.15) is 0 Å². The van der Waals surface area contributed by atoms with Crippen molar-refractivity contribution in [2.75, 3.05) is 6.61 Å². The van der Waals surface area contributed by atoms with Crippen molar-refractivity contribution in [1.82, 2.24) is 5.48 Å². The summed E-state index contributed by atoms with van der Waals surface area (Å²) in [7, 11) is 0. The molecule has 0 aliphatic heterocycles. The van der Waals surface area contributed by atoms with Crippen molar-refractivity contribution in [2.45, 2.75) is 0 Å². The molecule has 1 aromatic rings. The van der Waals surface area contributed by atoms with Crippen LogP contribution >= 0.6 is 0 Å². The van der Waals surface area contributed by atoms with Gasteiger partial charge in [0.15, 0.2) is 18.1 Å². The molecule has 0 bridgehead atoms. The van der Waals surface area contributed by atoms with Crippen LogP contribution in [0.15, 0.2) is 18.2 Å². The van der Waals surface area contributed by atoms with Crippen LogP contribution in [0.3, 0.4) is 0 Å². The van der Waals surface area contributed by atoms with E-state index in [1.54, 1.807) is 0 Å². The van der Waals surface area contributed by atoms with Gasteiger partial charge in [-0.05, 0) is 18.2 Å². The van der Waals surface area contributed by atoms with Gasteiger partial charge in [-0.25, -0.2) is 5.48 Å². The fourth-order valence-corrected chi connectivity index (χ4v) is 0.896. The molecule has 7 heteroatoms. The SMILES string of the molecule is NC(=O)CONC(=O)c1ccc(O)c(O)c1. The fraction of sp³-hybridized carbons (Fsp3) is 0.111. The number of phenolic OH excluding ortho intramolecular Hbond substituents is 2. The van der Waals surface area contributed by atoms with Gasteiger partial charge in [-0.3, -0.25) is 14.4 Å². The second-order valence-electron chi connectivity index (χ2n) is 2.89. The number of amides is 2. The highest BCUT2D eigenvalue weighted by molar-refractivity contribution is 5.94. The largest absolute Gasteiger partial charge is 0.504 e. The van der Waals surface area contributed by atoms with Gasteiger partial charge in [0.25, 0.3) is 5.91 Å². The Morgan fingerprint density at radius 1 is 1.31 bits per heavy atom. The Kier molecular flexibility index (Phi) is 3.67. The molecular formula is C9H10N2O5. The van der Waals surface area contributed by atoms with E-state index in [1.165, 1.54) is 6.07 Å². The van der Waals surface area contributed by atoms with Crippen LogP contribution < -0.4 is 11.2 Å². The molecule has 0 saturated heterocycles. The Labute approximate surface area is 90.4 Å². The molecule has 0 spiro atoms. The summed E-state index contributed by atoms with van der Waals surface area (Å²) in [5, 5.41) is 18.1. The van der Waals surface area contributed by atoms with Gasteiger partial charge < -0.3 is 15.9 Å². The molecule has 0 fully saturated rings. The predicted molar refractivity (Wildman–Crippen MR) is 52.4 cm³/mol. The lowest BCUT2D eigenvalue weighted by Gasteiger charge is -2.05. The molecule has 0 radical (unpaired) electrons. The molecule has 0 heterocycles. The molecule has 7 nitrogen and oxygen atoms in total. The first kappa shape index (κ1) is 11.8. The highest BCUT2D eigenvalue weighted by Crippen LogP contribution is 2.24. The number of aromatic hydroxyl groups is 2. The zero-order chi connectivity index (χ0) is 12.1. The molecule has 1 rings (SSSR count). The Balaban J connectivity index is 2.59. The lowest BCUT2D eigenvalue weighted by molar-refractivity contribution is -0.124. The number of benzene rings is 1. The lowest BCUT2D eigenvalue weighted by atomic mass is 10.2. The second kappa shape index (κ2) is 4.99. The van der Waals surface area contributed by atoms with E-state index < -0.39 is 24.2 Å². The number of rotatable bonds is 4. The minimum absolute atomic E-state index is 0.0692. The molecule has 0 aliphatic carbocycles. The number of hydrogen-bond acceptors (Lipinski definition) is 5. The van der Waals surface area contributed by atoms with Gasteiger partial charge >= 0.3 is 0 Å². The van der Waals surface area contributed by atoms with Crippen molar-refractivity contribution >= 4 is 11.8 Å². The van der Waals surface area contributed by atoms with Crippen molar-refractivity contribution < 1.29 is 24.6 Å². The van der Waals surface area contributed by atoms with Gasteiger partial charge in [0.05, 0.1) is 0 Å². The molecule has 0 saturated carbocycles. The molecule has 0 aliphatic rings. The molecule has 0 unspecified atom stereocenters. The van der Waals surface area contributed by atoms with E-state index in [2.05, 4.69) is 4.84 Å². The monoisotopic (exact) mass is 226 g/mol. The van der Waals surface area contributed by atoms with Crippen LogP contribution in [-0.4, -0.2) is 28.6 Å². The van der Waals surface area contributed by atoms with Crippen molar-refractivity contribution in [3.63, 3.8) is 0 Å². The summed E-state index contributed by atoms with van der Waals surface area (Å²) < 4.78 is 0. The van der Waals surface area contributed by atoms with E-state index in [4.69, 9.17) is 15.9 Å². The number of carbonyl (C=O) groups excluding carboxylic acids is 2. The summed E-state index contributed by atoms with van der Waals surface area (Å²) in [4.78, 5) is 26.1. The van der Waals surface area contributed by atoms with E-state index in [9.17, 15) is 9.59 Å². The van der Waals surface area contributed by atoms with Gasteiger partial charge in [0, 0.05) is 5.56 Å². The molecule has 2 amide bonds. The Hall–Kier alpha value is -2.28. The van der Waals surface area contributed by atoms with E-state index >= 15 is 0 Å². The first-order valence-electron chi connectivity index (χ1n) is 4.23. The summed E-state index contributed by atoms with van der Waals surface area (Å²) >= 11 is 0. The first-order chi connectivity index (χ1) is 7.50. The van der Waals surface area contributed by atoms with Crippen LogP contribution in [0.1, 0.15) is 10.4 Å². The first-order valence-corrected chi connectivity index (χ1v) is 4.23. The minimum Gasteiger partial charge on any atom is -0.504 e. The lowest BCUT2D eigenvalue weighted by Crippen LogP contribution is -2.29. The van der Waals surface area contributed by atoms with E-state index in [0.29, 0.717) is 0 Å². The molecule has 0 atom stereocenters. The summed E-state index contributed by atoms with van der Waals surface area (Å²) in [6.07, 6.45) is 0. The van der Waals surface area contributed by atoms with E-state index in [0.717, 1.165) is 12.1 Å². The van der Waals surface area contributed by atoms with Crippen molar-refractivity contribution in [3.8, 4) is 11.5 Å². The van der Waals surface area contributed by atoms with Crippen LogP contribution in [0.5, 0.6) is 11.5 Å². The molecule has 16 heavy (non-hydrogen) atoms. The third-order valence-electron chi connectivity index (χ3n) is 1.62. The Morgan fingerprint density at radius 2 is 2.00 bits per heavy atom. The highest BCUT2D eigenvalue weighted by atomic mass is 16.7. The predicted octanol–water partition coefficient (Wildman–Crippen LogP) is -0.756. The average Bonchev–Trinajstić information content (AvgIpc) is 2.21. The van der Waals surface area contributed by atoms with Crippen LogP contribution in [0.25, 0.3) is 0 Å². The Bertz CT molecular complexity index is 418. The molecular weight excluding hydrogens is 216 g/mol. The number of hydrogen-bond donors (Lipinski definition) is 4. The second-order valence-corrected chi connectivity index (χ2v) is 2.89. The third-order valence-corrected chi connectivity index (χ3v) is 1.62. The summed E-state index contributed by atoms with van der Waals surface area (Å²) in [5.74, 6) is -2.16. The number of hydroxylamine groups is 1. The average molecular weight is 226 g/mol. The number of nitrogens with two attached hydrogens (primary N) is 1. The zero-order valence-corrected chi connectivity index (χ0v) is 8.14. The molecule has 1 aromatic carbocycles. The number of carbonyl (C=O) groups is 2. The summed E-state index contributed by atoms with van der Waals surface area (Å²) in [6, 6.07) is 3.48. The van der Waals surface area contributed by atoms with Crippen molar-refractivity contribution in [1.29, 1.82) is 0 Å². The molecule has 0 aromatic heterocycles. The normalized spacial score (nSPS) is 9.75. The molecule has 86 valence electrons. The highest BCUT2D eigenvalue weighted by Gasteiger charge is 2.08. The standard InChI is InChI=1S/C9H10N2O5/c10-8(14)4-16-11-9(15)5-1-2-6(12)7(13)3-5/h1-3,12-13H,4H2,(H2,10,14)(H,11,15). The summed E-state index contributed by atoms with van der Waals surface area (Å²) in [5.41, 5.74) is 6.79. The van der Waals surface area contributed by atoms with Gasteiger partial charge in [-0.15, -0.1) is 0 Å². The fourth-order valence-electron chi connectivity index (χ4n) is 0.896. The maximum atomic E-state index is 11.3. The maximum Gasteiger partial charge on any atom is 0.274 e. The van der Waals surface area contributed by atoms with Crippen molar-refractivity contribution in [2.24, 2.45) is 5.73 Å². The zero-order valence-electron chi connectivity index (χ0n) is 8.14. The van der Waals surface area contributed by atoms with Crippen LogP contribution in [-0.2, 0) is 9.63 Å². The van der Waals surface area contributed by atoms with E-state index in [-0.39, 0.29) is 11.3 Å². The van der Waals surface area contributed by atoms with Crippen LogP contribution in [0, 0.1) is 0 Å². The number of primary amides is 1.